The first-order valence-corrected chi connectivity index (χ1v) is 15.1. The highest BCUT2D eigenvalue weighted by molar-refractivity contribution is 7.12. The summed E-state index contributed by atoms with van der Waals surface area (Å²) in [6, 6.07) is 6.63. The summed E-state index contributed by atoms with van der Waals surface area (Å²) in [4.78, 5) is 50.0. The number of nitrogens with zero attached hydrogens (tertiary/aromatic N) is 2. The summed E-state index contributed by atoms with van der Waals surface area (Å²) in [6.07, 6.45) is 7.13. The minimum Gasteiger partial charge on any atom is -0.461 e. The lowest BCUT2D eigenvalue weighted by atomic mass is 10.0. The molecule has 0 spiro atoms. The van der Waals surface area contributed by atoms with Crippen LogP contribution in [0.1, 0.15) is 84.9 Å². The van der Waals surface area contributed by atoms with Gasteiger partial charge in [-0.2, -0.15) is 0 Å². The number of hydrogen-bond acceptors (Lipinski definition) is 6. The Balaban J connectivity index is 1.60. The van der Waals surface area contributed by atoms with E-state index in [9.17, 15) is 14.4 Å². The number of aromatic nitrogens is 2. The average molecular weight is 568 g/mol. The van der Waals surface area contributed by atoms with Crippen molar-refractivity contribution in [2.24, 2.45) is 5.92 Å². The highest BCUT2D eigenvalue weighted by atomic mass is 32.1. The monoisotopic (exact) mass is 567 g/mol. The Bertz CT molecular complexity index is 1310. The van der Waals surface area contributed by atoms with Crippen molar-refractivity contribution in [1.29, 1.82) is 0 Å². The minimum atomic E-state index is -0.688. The van der Waals surface area contributed by atoms with Crippen LogP contribution in [0.15, 0.2) is 30.5 Å². The number of esters is 1. The lowest BCUT2D eigenvalue weighted by Gasteiger charge is -2.27. The number of rotatable bonds is 10. The SMILES string of the molecule is CCOC(=O)c1nc([C@@H](Cc2c[nH]c3ccccc23)NC(=O)[C@H](CC(C)C)NC(=O)N2CCCCCC2)sc1C. The molecule has 1 aliphatic heterocycles. The van der Waals surface area contributed by atoms with E-state index in [1.54, 1.807) is 6.92 Å². The van der Waals surface area contributed by atoms with E-state index in [2.05, 4.69) is 20.6 Å². The van der Waals surface area contributed by atoms with E-state index < -0.39 is 18.1 Å². The summed E-state index contributed by atoms with van der Waals surface area (Å²) in [5.74, 6) is -0.529. The molecule has 216 valence electrons. The molecule has 0 bridgehead atoms. The average Bonchev–Trinajstić information content (AvgIpc) is 3.39. The third kappa shape index (κ3) is 7.41. The van der Waals surface area contributed by atoms with Crippen molar-refractivity contribution in [3.05, 3.63) is 51.6 Å². The maximum Gasteiger partial charge on any atom is 0.358 e. The van der Waals surface area contributed by atoms with Crippen molar-refractivity contribution in [3.63, 3.8) is 0 Å². The first-order valence-electron chi connectivity index (χ1n) is 14.3. The molecule has 3 N–H and O–H groups in total. The number of H-pyrrole nitrogens is 1. The van der Waals surface area contributed by atoms with Crippen molar-refractivity contribution in [1.82, 2.24) is 25.5 Å². The van der Waals surface area contributed by atoms with Gasteiger partial charge >= 0.3 is 12.0 Å². The van der Waals surface area contributed by atoms with Crippen molar-refractivity contribution < 1.29 is 19.1 Å². The molecule has 0 saturated carbocycles. The van der Waals surface area contributed by atoms with Crippen molar-refractivity contribution in [2.75, 3.05) is 19.7 Å². The highest BCUT2D eigenvalue weighted by Crippen LogP contribution is 2.29. The zero-order valence-corrected chi connectivity index (χ0v) is 24.7. The Morgan fingerprint density at radius 3 is 2.52 bits per heavy atom. The van der Waals surface area contributed by atoms with Crippen LogP contribution in [0.25, 0.3) is 10.9 Å². The van der Waals surface area contributed by atoms with Crippen LogP contribution in [-0.2, 0) is 16.0 Å². The molecule has 40 heavy (non-hydrogen) atoms. The largest absolute Gasteiger partial charge is 0.461 e. The van der Waals surface area contributed by atoms with Crippen LogP contribution in [0.5, 0.6) is 0 Å². The molecule has 1 fully saturated rings. The molecular formula is C30H41N5O4S. The number of nitrogens with one attached hydrogen (secondary N) is 3. The molecule has 10 heteroatoms. The van der Waals surface area contributed by atoms with Crippen molar-refractivity contribution in [3.8, 4) is 0 Å². The Kier molecular flexibility index (Phi) is 10.2. The number of aromatic amines is 1. The van der Waals surface area contributed by atoms with Crippen LogP contribution >= 0.6 is 11.3 Å². The molecule has 2 aromatic heterocycles. The van der Waals surface area contributed by atoms with E-state index in [4.69, 9.17) is 4.74 Å². The van der Waals surface area contributed by atoms with Gasteiger partial charge in [0.1, 0.15) is 11.0 Å². The second-order valence-corrected chi connectivity index (χ2v) is 12.1. The topological polar surface area (TPSA) is 116 Å². The molecule has 1 aliphatic rings. The Morgan fingerprint density at radius 1 is 1.10 bits per heavy atom. The fourth-order valence-electron chi connectivity index (χ4n) is 5.16. The number of hydrogen-bond donors (Lipinski definition) is 3. The van der Waals surface area contributed by atoms with Crippen LogP contribution in [0.2, 0.25) is 0 Å². The van der Waals surface area contributed by atoms with Crippen LogP contribution in [0, 0.1) is 12.8 Å². The number of para-hydroxylation sites is 1. The van der Waals surface area contributed by atoms with Crippen LogP contribution in [-0.4, -0.2) is 58.5 Å². The molecule has 3 heterocycles. The summed E-state index contributed by atoms with van der Waals surface area (Å²) < 4.78 is 5.20. The Morgan fingerprint density at radius 2 is 1.82 bits per heavy atom. The third-order valence-corrected chi connectivity index (χ3v) is 8.29. The maximum atomic E-state index is 13.8. The summed E-state index contributed by atoms with van der Waals surface area (Å²) in [6.45, 7) is 9.35. The summed E-state index contributed by atoms with van der Waals surface area (Å²) >= 11 is 1.38. The van der Waals surface area contributed by atoms with Gasteiger partial charge in [-0.15, -0.1) is 11.3 Å². The molecule has 2 atom stereocenters. The number of ether oxygens (including phenoxy) is 1. The summed E-state index contributed by atoms with van der Waals surface area (Å²) in [7, 11) is 0. The molecule has 3 amide bonds. The molecule has 0 unspecified atom stereocenters. The fraction of sp³-hybridized carbons (Fsp3) is 0.533. The first kappa shape index (κ1) is 29.6. The van der Waals surface area contributed by atoms with E-state index in [-0.39, 0.29) is 30.2 Å². The van der Waals surface area contributed by atoms with E-state index >= 15 is 0 Å². The lowest BCUT2D eigenvalue weighted by Crippen LogP contribution is -2.52. The van der Waals surface area contributed by atoms with Gasteiger partial charge in [0.2, 0.25) is 5.91 Å². The number of carbonyl (C=O) groups is 3. The van der Waals surface area contributed by atoms with Gasteiger partial charge in [0.15, 0.2) is 5.69 Å². The van der Waals surface area contributed by atoms with Gasteiger partial charge in [0.25, 0.3) is 0 Å². The van der Waals surface area contributed by atoms with E-state index in [1.165, 1.54) is 11.3 Å². The van der Waals surface area contributed by atoms with Crippen LogP contribution in [0.3, 0.4) is 0 Å². The van der Waals surface area contributed by atoms with Crippen molar-refractivity contribution >= 4 is 40.1 Å². The Labute approximate surface area is 240 Å². The predicted molar refractivity (Wildman–Crippen MR) is 158 cm³/mol. The molecular weight excluding hydrogens is 526 g/mol. The number of fused-ring (bicyclic) bond motifs is 1. The van der Waals surface area contributed by atoms with Gasteiger partial charge in [-0.05, 0) is 50.7 Å². The van der Waals surface area contributed by atoms with Crippen LogP contribution in [0.4, 0.5) is 4.79 Å². The van der Waals surface area contributed by atoms with E-state index in [0.29, 0.717) is 30.9 Å². The quantitative estimate of drug-likeness (QED) is 0.279. The molecule has 0 aliphatic carbocycles. The molecule has 4 rings (SSSR count). The summed E-state index contributed by atoms with van der Waals surface area (Å²) in [5.41, 5.74) is 2.31. The normalized spacial score (nSPS) is 15.5. The number of amides is 3. The van der Waals surface area contributed by atoms with Gasteiger partial charge in [-0.3, -0.25) is 4.79 Å². The second-order valence-electron chi connectivity index (χ2n) is 10.8. The van der Waals surface area contributed by atoms with Gasteiger partial charge in [-0.1, -0.05) is 44.9 Å². The standard InChI is InChI=1S/C30H41N5O4S/c1-5-39-29(37)26-20(4)40-28(34-26)25(17-21-18-31-23-13-9-8-12-22(21)23)32-27(36)24(16-19(2)3)33-30(38)35-14-10-6-7-11-15-35/h8-9,12-13,18-19,24-25,31H,5-7,10-11,14-17H2,1-4H3,(H,32,36)(H,33,38)/t24-,25+/m0/s1. The minimum absolute atomic E-state index is 0.189. The number of urea groups is 1. The zero-order chi connectivity index (χ0) is 28.6. The van der Waals surface area contributed by atoms with Crippen molar-refractivity contribution in [2.45, 2.75) is 78.3 Å². The third-order valence-electron chi connectivity index (χ3n) is 7.21. The molecule has 9 nitrogen and oxygen atoms in total. The van der Waals surface area contributed by atoms with Gasteiger partial charge in [0.05, 0.1) is 12.6 Å². The van der Waals surface area contributed by atoms with Crippen LogP contribution < -0.4 is 10.6 Å². The molecule has 1 aromatic carbocycles. The molecule has 1 saturated heterocycles. The predicted octanol–water partition coefficient (Wildman–Crippen LogP) is 5.51. The second kappa shape index (κ2) is 13.8. The van der Waals surface area contributed by atoms with Gasteiger partial charge < -0.3 is 25.3 Å². The summed E-state index contributed by atoms with van der Waals surface area (Å²) in [5, 5.41) is 7.89. The molecule has 0 radical (unpaired) electrons. The number of likely N-dealkylation sites (tertiary alicyclic amines) is 1. The van der Waals surface area contributed by atoms with E-state index in [1.807, 2.05) is 56.1 Å². The smallest absolute Gasteiger partial charge is 0.358 e. The highest BCUT2D eigenvalue weighted by Gasteiger charge is 2.30. The van der Waals surface area contributed by atoms with Gasteiger partial charge in [0, 0.05) is 41.5 Å². The van der Waals surface area contributed by atoms with Gasteiger partial charge in [-0.25, -0.2) is 14.6 Å². The number of thiazole rings is 1. The maximum absolute atomic E-state index is 13.8. The fourth-order valence-corrected chi connectivity index (χ4v) is 6.13. The number of aryl methyl sites for hydroxylation is 1. The lowest BCUT2D eigenvalue weighted by molar-refractivity contribution is -0.124. The molecule has 3 aromatic rings. The van der Waals surface area contributed by atoms with E-state index in [0.717, 1.165) is 47.0 Å². The number of benzene rings is 1. The first-order chi connectivity index (χ1) is 19.3. The zero-order valence-electron chi connectivity index (χ0n) is 23.9. The number of carbonyl (C=O) groups excluding carboxylic acids is 3. The Hall–Kier alpha value is -3.40.